The maximum atomic E-state index is 13.2. The highest BCUT2D eigenvalue weighted by Crippen LogP contribution is 2.28. The summed E-state index contributed by atoms with van der Waals surface area (Å²) in [5.41, 5.74) is -0.261. The molecule has 0 bridgehead atoms. The predicted molar refractivity (Wildman–Crippen MR) is 59.9 cm³/mol. The SMILES string of the molecule is N#Cc1c(F)cc(O)cc1SCCS(=O)(=O)O. The van der Waals surface area contributed by atoms with Gasteiger partial charge in [0, 0.05) is 16.7 Å². The van der Waals surface area contributed by atoms with Gasteiger partial charge in [-0.25, -0.2) is 4.39 Å². The van der Waals surface area contributed by atoms with Crippen molar-refractivity contribution in [1.29, 1.82) is 5.26 Å². The molecule has 0 heterocycles. The molecule has 0 saturated heterocycles. The number of benzene rings is 1. The predicted octanol–water partition coefficient (Wildman–Crippen LogP) is 1.38. The van der Waals surface area contributed by atoms with Gasteiger partial charge in [0.15, 0.2) is 0 Å². The zero-order chi connectivity index (χ0) is 13.1. The lowest BCUT2D eigenvalue weighted by Gasteiger charge is -2.04. The Morgan fingerprint density at radius 3 is 2.65 bits per heavy atom. The Bertz CT molecular complexity index is 565. The van der Waals surface area contributed by atoms with E-state index >= 15 is 0 Å². The van der Waals surface area contributed by atoms with Crippen LogP contribution in [0, 0.1) is 17.1 Å². The van der Waals surface area contributed by atoms with E-state index in [2.05, 4.69) is 0 Å². The molecule has 0 amide bonds. The van der Waals surface area contributed by atoms with Gasteiger partial charge in [0.1, 0.15) is 23.2 Å². The smallest absolute Gasteiger partial charge is 0.265 e. The number of nitrogens with zero attached hydrogens (tertiary/aromatic N) is 1. The molecule has 17 heavy (non-hydrogen) atoms. The lowest BCUT2D eigenvalue weighted by atomic mass is 10.2. The molecular formula is C9H8FNO4S2. The quantitative estimate of drug-likeness (QED) is 0.637. The van der Waals surface area contributed by atoms with E-state index in [1.807, 2.05) is 0 Å². The summed E-state index contributed by atoms with van der Waals surface area (Å²) in [4.78, 5) is 0.133. The van der Waals surface area contributed by atoms with E-state index in [9.17, 15) is 12.8 Å². The van der Waals surface area contributed by atoms with Gasteiger partial charge in [-0.3, -0.25) is 4.55 Å². The van der Waals surface area contributed by atoms with Crippen LogP contribution in [0.5, 0.6) is 5.75 Å². The zero-order valence-corrected chi connectivity index (χ0v) is 10.1. The summed E-state index contributed by atoms with van der Waals surface area (Å²) in [6.45, 7) is 0. The minimum atomic E-state index is -4.09. The molecule has 92 valence electrons. The lowest BCUT2D eigenvalue weighted by Crippen LogP contribution is -2.06. The zero-order valence-electron chi connectivity index (χ0n) is 8.42. The van der Waals surface area contributed by atoms with Crippen LogP contribution in [0.25, 0.3) is 0 Å². The van der Waals surface area contributed by atoms with Gasteiger partial charge in [-0.15, -0.1) is 11.8 Å². The molecule has 0 fully saturated rings. The fraction of sp³-hybridized carbons (Fsp3) is 0.222. The van der Waals surface area contributed by atoms with Crippen LogP contribution < -0.4 is 0 Å². The number of nitriles is 1. The van der Waals surface area contributed by atoms with Crippen LogP contribution in [0.2, 0.25) is 0 Å². The summed E-state index contributed by atoms with van der Waals surface area (Å²) in [5.74, 6) is -1.78. The van der Waals surface area contributed by atoms with E-state index in [1.54, 1.807) is 6.07 Å². The second-order valence-corrected chi connectivity index (χ2v) is 5.76. The van der Waals surface area contributed by atoms with Crippen molar-refractivity contribution in [3.05, 3.63) is 23.5 Å². The highest BCUT2D eigenvalue weighted by atomic mass is 32.2. The van der Waals surface area contributed by atoms with E-state index in [1.165, 1.54) is 0 Å². The van der Waals surface area contributed by atoms with Gasteiger partial charge in [0.25, 0.3) is 10.1 Å². The summed E-state index contributed by atoms with van der Waals surface area (Å²) >= 11 is 0.865. The van der Waals surface area contributed by atoms with E-state index in [4.69, 9.17) is 14.9 Å². The number of hydrogen-bond donors (Lipinski definition) is 2. The normalized spacial score (nSPS) is 11.1. The maximum Gasteiger partial charge on any atom is 0.265 e. The third-order valence-corrected chi connectivity index (χ3v) is 3.77. The van der Waals surface area contributed by atoms with Gasteiger partial charge in [-0.1, -0.05) is 0 Å². The molecule has 1 rings (SSSR count). The Morgan fingerprint density at radius 1 is 1.47 bits per heavy atom. The van der Waals surface area contributed by atoms with Gasteiger partial charge in [0.05, 0.1) is 5.75 Å². The van der Waals surface area contributed by atoms with Crippen molar-refractivity contribution in [1.82, 2.24) is 0 Å². The third kappa shape index (κ3) is 4.22. The Morgan fingerprint density at radius 2 is 2.12 bits per heavy atom. The van der Waals surface area contributed by atoms with Gasteiger partial charge < -0.3 is 5.11 Å². The molecule has 1 aromatic rings. The van der Waals surface area contributed by atoms with Crippen molar-refractivity contribution in [3.63, 3.8) is 0 Å². The number of phenolic OH excluding ortho intramolecular Hbond substituents is 1. The Hall–Kier alpha value is -1.30. The van der Waals surface area contributed by atoms with E-state index in [0.29, 0.717) is 0 Å². The summed E-state index contributed by atoms with van der Waals surface area (Å²) in [6.07, 6.45) is 0. The summed E-state index contributed by atoms with van der Waals surface area (Å²) in [7, 11) is -4.09. The minimum absolute atomic E-state index is 0.0452. The third-order valence-electron chi connectivity index (χ3n) is 1.75. The highest BCUT2D eigenvalue weighted by molar-refractivity contribution is 8.00. The number of aromatic hydroxyl groups is 1. The number of phenols is 1. The Balaban J connectivity index is 2.88. The van der Waals surface area contributed by atoms with Crippen molar-refractivity contribution in [2.24, 2.45) is 0 Å². The number of rotatable bonds is 4. The number of thioether (sulfide) groups is 1. The molecule has 0 atom stereocenters. The topological polar surface area (TPSA) is 98.4 Å². The van der Waals surface area contributed by atoms with Crippen LogP contribution in [0.1, 0.15) is 5.56 Å². The molecule has 5 nitrogen and oxygen atoms in total. The van der Waals surface area contributed by atoms with Crippen LogP contribution in [-0.4, -0.2) is 29.6 Å². The van der Waals surface area contributed by atoms with Crippen molar-refractivity contribution >= 4 is 21.9 Å². The molecule has 0 aromatic heterocycles. The van der Waals surface area contributed by atoms with E-state index in [0.717, 1.165) is 23.9 Å². The van der Waals surface area contributed by atoms with Crippen molar-refractivity contribution in [3.8, 4) is 11.8 Å². The molecule has 0 aliphatic carbocycles. The largest absolute Gasteiger partial charge is 0.508 e. The minimum Gasteiger partial charge on any atom is -0.508 e. The average Bonchev–Trinajstić information content (AvgIpc) is 2.14. The van der Waals surface area contributed by atoms with Gasteiger partial charge in [-0.2, -0.15) is 13.7 Å². The highest BCUT2D eigenvalue weighted by Gasteiger charge is 2.12. The van der Waals surface area contributed by atoms with Crippen LogP contribution in [0.15, 0.2) is 17.0 Å². The van der Waals surface area contributed by atoms with Crippen LogP contribution in [0.4, 0.5) is 4.39 Å². The molecule has 0 unspecified atom stereocenters. The first kappa shape index (κ1) is 13.8. The lowest BCUT2D eigenvalue weighted by molar-refractivity contribution is 0.466. The first-order valence-electron chi connectivity index (χ1n) is 4.34. The van der Waals surface area contributed by atoms with E-state index in [-0.39, 0.29) is 22.0 Å². The Labute approximate surface area is 102 Å². The molecule has 0 saturated carbocycles. The van der Waals surface area contributed by atoms with Crippen molar-refractivity contribution < 1.29 is 22.5 Å². The first-order valence-corrected chi connectivity index (χ1v) is 6.93. The van der Waals surface area contributed by atoms with Gasteiger partial charge in [-0.05, 0) is 6.07 Å². The Kier molecular flexibility index (Phi) is 4.34. The fourth-order valence-electron chi connectivity index (χ4n) is 1.05. The molecule has 0 aliphatic heterocycles. The molecule has 8 heteroatoms. The van der Waals surface area contributed by atoms with E-state index < -0.39 is 21.7 Å². The molecule has 0 spiro atoms. The van der Waals surface area contributed by atoms with Gasteiger partial charge in [0.2, 0.25) is 0 Å². The van der Waals surface area contributed by atoms with Crippen molar-refractivity contribution in [2.45, 2.75) is 4.90 Å². The molecule has 0 radical (unpaired) electrons. The number of hydrogen-bond acceptors (Lipinski definition) is 5. The summed E-state index contributed by atoms with van der Waals surface area (Å²) in [5, 5.41) is 17.8. The summed E-state index contributed by atoms with van der Waals surface area (Å²) < 4.78 is 42.6. The van der Waals surface area contributed by atoms with Gasteiger partial charge >= 0.3 is 0 Å². The maximum absolute atomic E-state index is 13.2. The first-order chi connectivity index (χ1) is 7.83. The standard InChI is InChI=1S/C9H8FNO4S2/c10-8-3-6(12)4-9(7(8)5-11)16-1-2-17(13,14)15/h3-4,12H,1-2H2,(H,13,14,15). The molecule has 0 aliphatic rings. The molecular weight excluding hydrogens is 269 g/mol. The second-order valence-electron chi connectivity index (χ2n) is 3.05. The van der Waals surface area contributed by atoms with Crippen LogP contribution >= 0.6 is 11.8 Å². The summed E-state index contributed by atoms with van der Waals surface area (Å²) in [6, 6.07) is 3.58. The number of halogens is 1. The average molecular weight is 277 g/mol. The fourth-order valence-corrected chi connectivity index (χ4v) is 2.93. The van der Waals surface area contributed by atoms with Crippen LogP contribution in [-0.2, 0) is 10.1 Å². The monoisotopic (exact) mass is 277 g/mol. The van der Waals surface area contributed by atoms with Crippen molar-refractivity contribution in [2.75, 3.05) is 11.5 Å². The second kappa shape index (κ2) is 5.35. The molecule has 2 N–H and O–H groups in total. The molecule has 1 aromatic carbocycles. The van der Waals surface area contributed by atoms with Crippen LogP contribution in [0.3, 0.4) is 0 Å².